The van der Waals surface area contributed by atoms with Crippen molar-refractivity contribution >= 4 is 0 Å². The van der Waals surface area contributed by atoms with Gasteiger partial charge in [-0.15, -0.1) is 0 Å². The first-order valence-corrected chi connectivity index (χ1v) is 5.24. The molecule has 2 nitrogen and oxygen atoms in total. The summed E-state index contributed by atoms with van der Waals surface area (Å²) in [5.74, 6) is 1.26. The second kappa shape index (κ2) is 2.74. The molecular formula is C12H14O2. The largest absolute Gasteiger partial charge is 0.493 e. The third-order valence-corrected chi connectivity index (χ3v) is 3.37. The lowest BCUT2D eigenvalue weighted by Gasteiger charge is -2.29. The fourth-order valence-electron chi connectivity index (χ4n) is 2.38. The maximum atomic E-state index is 10.1. The van der Waals surface area contributed by atoms with E-state index in [4.69, 9.17) is 4.74 Å². The fourth-order valence-corrected chi connectivity index (χ4v) is 2.38. The molecule has 0 saturated heterocycles. The van der Waals surface area contributed by atoms with Crippen LogP contribution < -0.4 is 4.74 Å². The second-order valence-corrected chi connectivity index (χ2v) is 4.33. The van der Waals surface area contributed by atoms with Crippen LogP contribution in [0.3, 0.4) is 0 Å². The third kappa shape index (κ3) is 1.14. The van der Waals surface area contributed by atoms with Crippen molar-refractivity contribution in [2.45, 2.75) is 30.8 Å². The summed E-state index contributed by atoms with van der Waals surface area (Å²) in [6.07, 6.45) is 2.85. The minimum Gasteiger partial charge on any atom is -0.493 e. The predicted octanol–water partition coefficient (Wildman–Crippen LogP) is 2.08. The molecule has 2 aliphatic rings. The van der Waals surface area contributed by atoms with Crippen molar-refractivity contribution in [1.29, 1.82) is 0 Å². The topological polar surface area (TPSA) is 29.5 Å². The van der Waals surface area contributed by atoms with Gasteiger partial charge in [0.05, 0.1) is 12.2 Å². The first-order valence-electron chi connectivity index (χ1n) is 5.24. The SMILES string of the molecule is OC1(C2CCOc3ccccc32)CC1. The van der Waals surface area contributed by atoms with Crippen LogP contribution in [-0.4, -0.2) is 17.3 Å². The van der Waals surface area contributed by atoms with Crippen molar-refractivity contribution in [2.24, 2.45) is 0 Å². The number of para-hydroxylation sites is 1. The highest BCUT2D eigenvalue weighted by atomic mass is 16.5. The van der Waals surface area contributed by atoms with Gasteiger partial charge < -0.3 is 9.84 Å². The molecule has 1 N–H and O–H groups in total. The zero-order valence-corrected chi connectivity index (χ0v) is 8.07. The Balaban J connectivity index is 2.02. The molecule has 0 bridgehead atoms. The van der Waals surface area contributed by atoms with Crippen LogP contribution >= 0.6 is 0 Å². The Morgan fingerprint density at radius 1 is 1.29 bits per heavy atom. The van der Waals surface area contributed by atoms with E-state index in [1.165, 1.54) is 5.56 Å². The van der Waals surface area contributed by atoms with E-state index in [2.05, 4.69) is 6.07 Å². The lowest BCUT2D eigenvalue weighted by atomic mass is 9.86. The van der Waals surface area contributed by atoms with Gasteiger partial charge in [0.1, 0.15) is 5.75 Å². The van der Waals surface area contributed by atoms with Crippen LogP contribution in [0.5, 0.6) is 5.75 Å². The normalized spacial score (nSPS) is 27.6. The van der Waals surface area contributed by atoms with Gasteiger partial charge in [-0.05, 0) is 25.3 Å². The van der Waals surface area contributed by atoms with Gasteiger partial charge >= 0.3 is 0 Å². The van der Waals surface area contributed by atoms with Crippen molar-refractivity contribution in [2.75, 3.05) is 6.61 Å². The molecule has 1 aliphatic carbocycles. The Morgan fingerprint density at radius 2 is 2.07 bits per heavy atom. The monoisotopic (exact) mass is 190 g/mol. The van der Waals surface area contributed by atoms with E-state index in [0.717, 1.165) is 31.6 Å². The van der Waals surface area contributed by atoms with E-state index in [9.17, 15) is 5.11 Å². The lowest BCUT2D eigenvalue weighted by Crippen LogP contribution is -2.26. The molecule has 0 aromatic heterocycles. The zero-order valence-electron chi connectivity index (χ0n) is 8.07. The summed E-state index contributed by atoms with van der Waals surface area (Å²) in [7, 11) is 0. The predicted molar refractivity (Wildman–Crippen MR) is 53.5 cm³/mol. The molecule has 0 spiro atoms. The van der Waals surface area contributed by atoms with Gasteiger partial charge in [-0.2, -0.15) is 0 Å². The molecule has 1 heterocycles. The quantitative estimate of drug-likeness (QED) is 0.734. The minimum atomic E-state index is -0.417. The van der Waals surface area contributed by atoms with E-state index >= 15 is 0 Å². The summed E-state index contributed by atoms with van der Waals surface area (Å²) in [5, 5.41) is 10.1. The van der Waals surface area contributed by atoms with Crippen molar-refractivity contribution in [3.8, 4) is 5.75 Å². The standard InChI is InChI=1S/C12H14O2/c13-12(6-7-12)10-5-8-14-11-4-2-1-3-9(10)11/h1-4,10,13H,5-8H2. The van der Waals surface area contributed by atoms with E-state index in [1.807, 2.05) is 18.2 Å². The molecule has 2 heteroatoms. The van der Waals surface area contributed by atoms with Crippen molar-refractivity contribution < 1.29 is 9.84 Å². The van der Waals surface area contributed by atoms with Crippen LogP contribution in [0.25, 0.3) is 0 Å². The zero-order chi connectivity index (χ0) is 9.60. The van der Waals surface area contributed by atoms with E-state index < -0.39 is 5.60 Å². The summed E-state index contributed by atoms with van der Waals surface area (Å²) in [6, 6.07) is 8.08. The van der Waals surface area contributed by atoms with Gasteiger partial charge in [-0.1, -0.05) is 18.2 Å². The summed E-state index contributed by atoms with van der Waals surface area (Å²) in [4.78, 5) is 0. The van der Waals surface area contributed by atoms with Crippen molar-refractivity contribution in [3.05, 3.63) is 29.8 Å². The van der Waals surface area contributed by atoms with Crippen LogP contribution in [0, 0.1) is 0 Å². The highest BCUT2D eigenvalue weighted by Crippen LogP contribution is 2.52. The molecule has 1 unspecified atom stereocenters. The molecule has 1 atom stereocenters. The van der Waals surface area contributed by atoms with Crippen molar-refractivity contribution in [3.63, 3.8) is 0 Å². The maximum Gasteiger partial charge on any atom is 0.122 e. The van der Waals surface area contributed by atoms with Crippen LogP contribution in [0.4, 0.5) is 0 Å². The first-order chi connectivity index (χ1) is 6.80. The van der Waals surface area contributed by atoms with Gasteiger partial charge in [0.25, 0.3) is 0 Å². The number of fused-ring (bicyclic) bond motifs is 1. The van der Waals surface area contributed by atoms with Crippen molar-refractivity contribution in [1.82, 2.24) is 0 Å². The summed E-state index contributed by atoms with van der Waals surface area (Å²) in [6.45, 7) is 0.740. The molecule has 0 radical (unpaired) electrons. The second-order valence-electron chi connectivity index (χ2n) is 4.33. The maximum absolute atomic E-state index is 10.1. The molecule has 0 amide bonds. The molecule has 1 fully saturated rings. The van der Waals surface area contributed by atoms with Gasteiger partial charge in [0.15, 0.2) is 0 Å². The summed E-state index contributed by atoms with van der Waals surface area (Å²) < 4.78 is 5.57. The van der Waals surface area contributed by atoms with Crippen LogP contribution in [0.2, 0.25) is 0 Å². The van der Waals surface area contributed by atoms with Crippen LogP contribution in [-0.2, 0) is 0 Å². The van der Waals surface area contributed by atoms with Crippen LogP contribution in [0.1, 0.15) is 30.7 Å². The van der Waals surface area contributed by atoms with Gasteiger partial charge in [0, 0.05) is 11.5 Å². The van der Waals surface area contributed by atoms with Gasteiger partial charge in [0.2, 0.25) is 0 Å². The highest BCUT2D eigenvalue weighted by molar-refractivity contribution is 5.40. The Hall–Kier alpha value is -1.02. The Kier molecular flexibility index (Phi) is 1.62. The molecular weight excluding hydrogens is 176 g/mol. The number of hydrogen-bond acceptors (Lipinski definition) is 2. The van der Waals surface area contributed by atoms with E-state index in [0.29, 0.717) is 5.92 Å². The molecule has 14 heavy (non-hydrogen) atoms. The first kappa shape index (κ1) is 8.30. The Bertz CT molecular complexity index is 355. The molecule has 74 valence electrons. The molecule has 3 rings (SSSR count). The number of benzene rings is 1. The molecule has 1 saturated carbocycles. The fraction of sp³-hybridized carbons (Fsp3) is 0.500. The van der Waals surface area contributed by atoms with E-state index in [1.54, 1.807) is 0 Å². The lowest BCUT2D eigenvalue weighted by molar-refractivity contribution is 0.0940. The number of rotatable bonds is 1. The smallest absolute Gasteiger partial charge is 0.122 e. The Labute approximate surface area is 83.5 Å². The summed E-state index contributed by atoms with van der Waals surface area (Å²) in [5.41, 5.74) is 0.777. The number of hydrogen-bond donors (Lipinski definition) is 1. The summed E-state index contributed by atoms with van der Waals surface area (Å²) >= 11 is 0. The third-order valence-electron chi connectivity index (χ3n) is 3.37. The van der Waals surface area contributed by atoms with Crippen LogP contribution in [0.15, 0.2) is 24.3 Å². The Morgan fingerprint density at radius 3 is 2.86 bits per heavy atom. The average molecular weight is 190 g/mol. The molecule has 1 aromatic carbocycles. The van der Waals surface area contributed by atoms with E-state index in [-0.39, 0.29) is 0 Å². The molecule has 1 aliphatic heterocycles. The number of aliphatic hydroxyl groups is 1. The van der Waals surface area contributed by atoms with Gasteiger partial charge in [-0.25, -0.2) is 0 Å². The highest BCUT2D eigenvalue weighted by Gasteiger charge is 2.49. The number of ether oxygens (including phenoxy) is 1. The molecule has 1 aromatic rings. The minimum absolute atomic E-state index is 0.299. The average Bonchev–Trinajstić information content (AvgIpc) is 2.97. The van der Waals surface area contributed by atoms with Gasteiger partial charge in [-0.3, -0.25) is 0 Å².